The van der Waals surface area contributed by atoms with Crippen LogP contribution in [0.5, 0.6) is 0 Å². The molecule has 2 heterocycles. The quantitative estimate of drug-likeness (QED) is 0.805. The second-order valence-electron chi connectivity index (χ2n) is 5.75. The molecule has 1 aliphatic rings. The van der Waals surface area contributed by atoms with E-state index in [2.05, 4.69) is 14.9 Å². The van der Waals surface area contributed by atoms with Crippen LogP contribution in [0.15, 0.2) is 42.5 Å². The lowest BCUT2D eigenvalue weighted by atomic mass is 10.1. The summed E-state index contributed by atoms with van der Waals surface area (Å²) < 4.78 is 20.7. The Labute approximate surface area is 138 Å². The Bertz CT molecular complexity index is 920. The molecule has 0 fully saturated rings. The third-order valence-electron chi connectivity index (χ3n) is 4.12. The lowest BCUT2D eigenvalue weighted by molar-refractivity contribution is 0.0830. The molecule has 1 N–H and O–H groups in total. The Hall–Kier alpha value is -2.73. The molecule has 0 saturated carbocycles. The van der Waals surface area contributed by atoms with Crippen molar-refractivity contribution in [3.8, 4) is 0 Å². The van der Waals surface area contributed by atoms with Crippen LogP contribution in [-0.4, -0.2) is 22.1 Å². The van der Waals surface area contributed by atoms with Crippen molar-refractivity contribution in [1.29, 1.82) is 0 Å². The van der Waals surface area contributed by atoms with E-state index >= 15 is 0 Å². The lowest BCUT2D eigenvalue weighted by Gasteiger charge is -2.14. The van der Waals surface area contributed by atoms with Gasteiger partial charge in [0.25, 0.3) is 5.91 Å². The minimum Gasteiger partial charge on any atom is -0.372 e. The third-order valence-corrected chi connectivity index (χ3v) is 4.12. The number of aromatic nitrogens is 2. The molecule has 0 spiro atoms. The largest absolute Gasteiger partial charge is 0.372 e. The molecule has 5 nitrogen and oxygen atoms in total. The van der Waals surface area contributed by atoms with Gasteiger partial charge in [0.2, 0.25) is 0 Å². The molecule has 122 valence electrons. The third kappa shape index (κ3) is 2.76. The Balaban J connectivity index is 1.54. The second kappa shape index (κ2) is 6.05. The smallest absolute Gasteiger partial charge is 0.251 e. The highest BCUT2D eigenvalue weighted by Gasteiger charge is 2.16. The van der Waals surface area contributed by atoms with E-state index < -0.39 is 0 Å². The molecule has 0 bridgehead atoms. The van der Waals surface area contributed by atoms with E-state index in [1.807, 2.05) is 6.07 Å². The van der Waals surface area contributed by atoms with Crippen molar-refractivity contribution < 1.29 is 13.9 Å². The van der Waals surface area contributed by atoms with Crippen molar-refractivity contribution in [2.75, 3.05) is 6.61 Å². The van der Waals surface area contributed by atoms with Crippen LogP contribution in [0.1, 0.15) is 21.7 Å². The van der Waals surface area contributed by atoms with Crippen molar-refractivity contribution in [2.45, 2.75) is 19.7 Å². The normalized spacial score (nSPS) is 13.7. The number of nitrogens with zero attached hydrogens (tertiary/aromatic N) is 2. The van der Waals surface area contributed by atoms with Crippen LogP contribution >= 0.6 is 0 Å². The molecular formula is C18H16FN3O2. The van der Waals surface area contributed by atoms with Crippen molar-refractivity contribution in [1.82, 2.24) is 14.9 Å². The standard InChI is InChI=1S/C18H16FN3O2/c19-14-3-1-2-12(8-14)10-20-18(23)13-4-5-16-15(9-13)21-17-11-24-7-6-22(16)17/h1-5,8-9H,6-7,10-11H2,(H,20,23). The minimum atomic E-state index is -0.311. The number of fused-ring (bicyclic) bond motifs is 3. The van der Waals surface area contributed by atoms with Gasteiger partial charge in [-0.1, -0.05) is 12.1 Å². The fraction of sp³-hybridized carbons (Fsp3) is 0.222. The van der Waals surface area contributed by atoms with E-state index in [9.17, 15) is 9.18 Å². The Morgan fingerprint density at radius 1 is 1.29 bits per heavy atom. The molecule has 4 rings (SSSR count). The van der Waals surface area contributed by atoms with Gasteiger partial charge in [-0.05, 0) is 35.9 Å². The SMILES string of the molecule is O=C(NCc1cccc(F)c1)c1ccc2c(c1)nc1n2CCOC1. The molecule has 1 aliphatic heterocycles. The molecule has 1 aromatic heterocycles. The van der Waals surface area contributed by atoms with Crippen LogP contribution < -0.4 is 5.32 Å². The van der Waals surface area contributed by atoms with Crippen LogP contribution in [0.2, 0.25) is 0 Å². The monoisotopic (exact) mass is 325 g/mol. The van der Waals surface area contributed by atoms with Gasteiger partial charge < -0.3 is 14.6 Å². The molecule has 24 heavy (non-hydrogen) atoms. The van der Waals surface area contributed by atoms with Gasteiger partial charge in [-0.2, -0.15) is 0 Å². The highest BCUT2D eigenvalue weighted by molar-refractivity contribution is 5.97. The van der Waals surface area contributed by atoms with Crippen LogP contribution in [0.25, 0.3) is 11.0 Å². The van der Waals surface area contributed by atoms with Crippen LogP contribution in [0.4, 0.5) is 4.39 Å². The summed E-state index contributed by atoms with van der Waals surface area (Å²) >= 11 is 0. The zero-order chi connectivity index (χ0) is 16.5. The number of rotatable bonds is 3. The van der Waals surface area contributed by atoms with Gasteiger partial charge in [-0.3, -0.25) is 4.79 Å². The molecule has 2 aromatic carbocycles. The number of benzene rings is 2. The Morgan fingerprint density at radius 3 is 3.08 bits per heavy atom. The van der Waals surface area contributed by atoms with E-state index in [1.54, 1.807) is 24.3 Å². The Kier molecular flexibility index (Phi) is 3.74. The fourth-order valence-electron chi connectivity index (χ4n) is 2.93. The molecule has 1 amide bonds. The van der Waals surface area contributed by atoms with Crippen molar-refractivity contribution in [3.05, 3.63) is 65.2 Å². The zero-order valence-corrected chi connectivity index (χ0v) is 13.0. The maximum atomic E-state index is 13.2. The van der Waals surface area contributed by atoms with E-state index in [-0.39, 0.29) is 18.3 Å². The molecule has 0 aliphatic carbocycles. The molecule has 3 aromatic rings. The zero-order valence-electron chi connectivity index (χ0n) is 13.0. The number of imidazole rings is 1. The summed E-state index contributed by atoms with van der Waals surface area (Å²) in [4.78, 5) is 16.9. The number of halogens is 1. The number of hydrogen-bond donors (Lipinski definition) is 1. The summed E-state index contributed by atoms with van der Waals surface area (Å²) in [5, 5.41) is 2.80. The maximum absolute atomic E-state index is 13.2. The van der Waals surface area contributed by atoms with Crippen molar-refractivity contribution >= 4 is 16.9 Å². The number of carbonyl (C=O) groups is 1. The first-order valence-electron chi connectivity index (χ1n) is 7.80. The fourth-order valence-corrected chi connectivity index (χ4v) is 2.93. The number of ether oxygens (including phenoxy) is 1. The molecule has 6 heteroatoms. The molecular weight excluding hydrogens is 309 g/mol. The maximum Gasteiger partial charge on any atom is 0.251 e. The van der Waals surface area contributed by atoms with Gasteiger partial charge in [-0.15, -0.1) is 0 Å². The van der Waals surface area contributed by atoms with Gasteiger partial charge in [-0.25, -0.2) is 9.37 Å². The summed E-state index contributed by atoms with van der Waals surface area (Å²) in [5.41, 5.74) is 3.05. The average molecular weight is 325 g/mol. The van der Waals surface area contributed by atoms with E-state index in [4.69, 9.17) is 4.74 Å². The predicted molar refractivity (Wildman–Crippen MR) is 87.0 cm³/mol. The molecule has 0 unspecified atom stereocenters. The number of hydrogen-bond acceptors (Lipinski definition) is 3. The van der Waals surface area contributed by atoms with Crippen LogP contribution in [0, 0.1) is 5.82 Å². The van der Waals surface area contributed by atoms with Crippen LogP contribution in [-0.2, 0) is 24.4 Å². The van der Waals surface area contributed by atoms with Crippen molar-refractivity contribution in [2.24, 2.45) is 0 Å². The number of amides is 1. The first-order valence-corrected chi connectivity index (χ1v) is 7.80. The summed E-state index contributed by atoms with van der Waals surface area (Å²) in [5.74, 6) is 0.367. The highest BCUT2D eigenvalue weighted by atomic mass is 19.1. The second-order valence-corrected chi connectivity index (χ2v) is 5.75. The predicted octanol–water partition coefficient (Wildman–Crippen LogP) is 2.64. The summed E-state index contributed by atoms with van der Waals surface area (Å²) in [6.07, 6.45) is 0. The topological polar surface area (TPSA) is 56.2 Å². The lowest BCUT2D eigenvalue weighted by Crippen LogP contribution is -2.22. The number of carbonyl (C=O) groups excluding carboxylic acids is 1. The van der Waals surface area contributed by atoms with Gasteiger partial charge in [0, 0.05) is 18.7 Å². The van der Waals surface area contributed by atoms with Gasteiger partial charge in [0.1, 0.15) is 18.2 Å². The first kappa shape index (κ1) is 14.8. The summed E-state index contributed by atoms with van der Waals surface area (Å²) in [6.45, 7) is 2.23. The summed E-state index contributed by atoms with van der Waals surface area (Å²) in [7, 11) is 0. The average Bonchev–Trinajstić information content (AvgIpc) is 2.97. The van der Waals surface area contributed by atoms with Gasteiger partial charge >= 0.3 is 0 Å². The van der Waals surface area contributed by atoms with Gasteiger partial charge in [0.05, 0.1) is 17.6 Å². The molecule has 0 saturated heterocycles. The van der Waals surface area contributed by atoms with E-state index in [0.29, 0.717) is 18.8 Å². The minimum absolute atomic E-state index is 0.205. The highest BCUT2D eigenvalue weighted by Crippen LogP contribution is 2.21. The van der Waals surface area contributed by atoms with Gasteiger partial charge in [0.15, 0.2) is 0 Å². The Morgan fingerprint density at radius 2 is 2.21 bits per heavy atom. The van der Waals surface area contributed by atoms with E-state index in [1.165, 1.54) is 12.1 Å². The first-order chi connectivity index (χ1) is 11.7. The molecule has 0 atom stereocenters. The van der Waals surface area contributed by atoms with Crippen LogP contribution in [0.3, 0.4) is 0 Å². The molecule has 0 radical (unpaired) electrons. The van der Waals surface area contributed by atoms with E-state index in [0.717, 1.165) is 29.0 Å². The summed E-state index contributed by atoms with van der Waals surface area (Å²) in [6, 6.07) is 11.7. The number of nitrogens with one attached hydrogen (secondary N) is 1. The van der Waals surface area contributed by atoms with Crippen molar-refractivity contribution in [3.63, 3.8) is 0 Å².